The Hall–Kier alpha value is -0.120. The Morgan fingerprint density at radius 3 is 2.36 bits per heavy atom. The fourth-order valence-electron chi connectivity index (χ4n) is 1.17. The quantitative estimate of drug-likeness (QED) is 0.520. The number of hydrogen-bond donors (Lipinski definition) is 1. The second kappa shape index (κ2) is 12.9. The third-order valence-corrected chi connectivity index (χ3v) is 1.97. The molecule has 0 aromatic rings. The summed E-state index contributed by atoms with van der Waals surface area (Å²) in [5.41, 5.74) is 0. The predicted octanol–water partition coefficient (Wildman–Crippen LogP) is 1.82. The molecule has 0 atom stereocenters. The highest BCUT2D eigenvalue weighted by Crippen LogP contribution is 1.94. The van der Waals surface area contributed by atoms with Crippen molar-refractivity contribution < 1.29 is 9.47 Å². The Kier molecular flexibility index (Phi) is 12.8. The van der Waals surface area contributed by atoms with Crippen molar-refractivity contribution in [3.63, 3.8) is 0 Å². The molecule has 0 spiro atoms. The lowest BCUT2D eigenvalue weighted by Crippen LogP contribution is -2.14. The van der Waals surface area contributed by atoms with Crippen molar-refractivity contribution in [2.75, 3.05) is 39.5 Å². The van der Waals surface area contributed by atoms with Crippen LogP contribution in [0, 0.1) is 0 Å². The minimum Gasteiger partial charge on any atom is -0.379 e. The van der Waals surface area contributed by atoms with Gasteiger partial charge in [-0.1, -0.05) is 6.92 Å². The van der Waals surface area contributed by atoms with E-state index >= 15 is 0 Å². The van der Waals surface area contributed by atoms with Crippen LogP contribution in [-0.4, -0.2) is 39.5 Å². The molecule has 0 amide bonds. The Balaban J connectivity index is 2.78. The molecule has 0 fully saturated rings. The van der Waals surface area contributed by atoms with Gasteiger partial charge in [-0.3, -0.25) is 0 Å². The Bertz CT molecular complexity index is 87.3. The molecule has 0 bridgehead atoms. The maximum Gasteiger partial charge on any atom is 0.0700 e. The van der Waals surface area contributed by atoms with Gasteiger partial charge in [0.15, 0.2) is 0 Å². The van der Waals surface area contributed by atoms with Crippen molar-refractivity contribution in [3.8, 4) is 0 Å². The maximum atomic E-state index is 5.40. The van der Waals surface area contributed by atoms with Gasteiger partial charge in [0.1, 0.15) is 0 Å². The lowest BCUT2D eigenvalue weighted by atomic mass is 10.2. The van der Waals surface area contributed by atoms with Gasteiger partial charge in [-0.2, -0.15) is 0 Å². The van der Waals surface area contributed by atoms with E-state index in [-0.39, 0.29) is 0 Å². The van der Waals surface area contributed by atoms with Gasteiger partial charge in [-0.15, -0.1) is 0 Å². The van der Waals surface area contributed by atoms with Crippen LogP contribution in [0.25, 0.3) is 0 Å². The zero-order valence-electron chi connectivity index (χ0n) is 9.68. The van der Waals surface area contributed by atoms with E-state index in [0.717, 1.165) is 45.9 Å². The van der Waals surface area contributed by atoms with Crippen molar-refractivity contribution in [1.82, 2.24) is 5.32 Å². The van der Waals surface area contributed by atoms with Crippen molar-refractivity contribution >= 4 is 0 Å². The van der Waals surface area contributed by atoms with Crippen LogP contribution in [0.5, 0.6) is 0 Å². The van der Waals surface area contributed by atoms with Gasteiger partial charge in [0.2, 0.25) is 0 Å². The standard InChI is InChI=1S/C11H25NO2/c1-3-12-8-6-5-7-9-14-11-10-13-4-2/h12H,3-11H2,1-2H3. The minimum absolute atomic E-state index is 0.730. The van der Waals surface area contributed by atoms with Gasteiger partial charge in [-0.25, -0.2) is 0 Å². The fraction of sp³-hybridized carbons (Fsp3) is 1.00. The molecule has 0 aromatic heterocycles. The monoisotopic (exact) mass is 203 g/mol. The Morgan fingerprint density at radius 2 is 1.64 bits per heavy atom. The molecule has 86 valence electrons. The second-order valence-electron chi connectivity index (χ2n) is 3.22. The first kappa shape index (κ1) is 13.9. The Morgan fingerprint density at radius 1 is 0.857 bits per heavy atom. The largest absolute Gasteiger partial charge is 0.379 e. The van der Waals surface area contributed by atoms with Crippen molar-refractivity contribution in [1.29, 1.82) is 0 Å². The molecule has 3 heteroatoms. The highest BCUT2D eigenvalue weighted by atomic mass is 16.5. The Labute approximate surface area is 88.2 Å². The average Bonchev–Trinajstić information content (AvgIpc) is 2.21. The molecular formula is C11H25NO2. The van der Waals surface area contributed by atoms with E-state index < -0.39 is 0 Å². The first-order valence-electron chi connectivity index (χ1n) is 5.78. The van der Waals surface area contributed by atoms with Gasteiger partial charge in [0, 0.05) is 13.2 Å². The summed E-state index contributed by atoms with van der Waals surface area (Å²) in [6, 6.07) is 0. The molecule has 0 saturated carbocycles. The molecule has 0 aliphatic rings. The van der Waals surface area contributed by atoms with Crippen molar-refractivity contribution in [3.05, 3.63) is 0 Å². The third-order valence-electron chi connectivity index (χ3n) is 1.97. The highest BCUT2D eigenvalue weighted by Gasteiger charge is 1.90. The lowest BCUT2D eigenvalue weighted by molar-refractivity contribution is 0.0513. The van der Waals surface area contributed by atoms with Gasteiger partial charge in [0.25, 0.3) is 0 Å². The van der Waals surface area contributed by atoms with E-state index in [0.29, 0.717) is 0 Å². The molecule has 1 N–H and O–H groups in total. The molecule has 14 heavy (non-hydrogen) atoms. The molecule has 0 radical (unpaired) electrons. The topological polar surface area (TPSA) is 30.5 Å². The molecule has 3 nitrogen and oxygen atoms in total. The molecule has 0 aliphatic carbocycles. The molecule has 0 aliphatic heterocycles. The van der Waals surface area contributed by atoms with Gasteiger partial charge >= 0.3 is 0 Å². The van der Waals surface area contributed by atoms with Crippen molar-refractivity contribution in [2.45, 2.75) is 33.1 Å². The van der Waals surface area contributed by atoms with E-state index in [9.17, 15) is 0 Å². The summed E-state index contributed by atoms with van der Waals surface area (Å²) in [6.07, 6.45) is 3.67. The molecule has 0 rings (SSSR count). The smallest absolute Gasteiger partial charge is 0.0700 e. The maximum absolute atomic E-state index is 5.40. The van der Waals surface area contributed by atoms with Gasteiger partial charge in [-0.05, 0) is 39.3 Å². The molecular weight excluding hydrogens is 178 g/mol. The van der Waals surface area contributed by atoms with Crippen LogP contribution >= 0.6 is 0 Å². The van der Waals surface area contributed by atoms with Crippen LogP contribution in [0.1, 0.15) is 33.1 Å². The summed E-state index contributed by atoms with van der Waals surface area (Å²) < 4.78 is 10.6. The normalized spacial score (nSPS) is 10.7. The zero-order valence-corrected chi connectivity index (χ0v) is 9.68. The number of unbranched alkanes of at least 4 members (excludes halogenated alkanes) is 2. The first-order valence-corrected chi connectivity index (χ1v) is 5.78. The fourth-order valence-corrected chi connectivity index (χ4v) is 1.17. The van der Waals surface area contributed by atoms with Crippen LogP contribution in [0.15, 0.2) is 0 Å². The third kappa shape index (κ3) is 11.9. The minimum atomic E-state index is 0.730. The van der Waals surface area contributed by atoms with Crippen molar-refractivity contribution in [2.24, 2.45) is 0 Å². The van der Waals surface area contributed by atoms with Crippen LogP contribution in [0.4, 0.5) is 0 Å². The summed E-state index contributed by atoms with van der Waals surface area (Å²) >= 11 is 0. The van der Waals surface area contributed by atoms with Gasteiger partial charge in [0.05, 0.1) is 13.2 Å². The van der Waals surface area contributed by atoms with E-state index in [1.165, 1.54) is 12.8 Å². The second-order valence-corrected chi connectivity index (χ2v) is 3.22. The zero-order chi connectivity index (χ0) is 10.5. The lowest BCUT2D eigenvalue weighted by Gasteiger charge is -2.04. The summed E-state index contributed by atoms with van der Waals surface area (Å²) in [6.45, 7) is 9.47. The molecule has 0 aromatic carbocycles. The first-order chi connectivity index (χ1) is 6.91. The molecule has 0 saturated heterocycles. The van der Waals surface area contributed by atoms with Crippen LogP contribution < -0.4 is 5.32 Å². The van der Waals surface area contributed by atoms with E-state index in [1.807, 2.05) is 6.92 Å². The summed E-state index contributed by atoms with van der Waals surface area (Å²) in [4.78, 5) is 0. The highest BCUT2D eigenvalue weighted by molar-refractivity contribution is 4.45. The SMILES string of the molecule is CCNCCCCCOCCOCC. The summed E-state index contributed by atoms with van der Waals surface area (Å²) in [5.74, 6) is 0. The summed E-state index contributed by atoms with van der Waals surface area (Å²) in [7, 11) is 0. The van der Waals surface area contributed by atoms with E-state index in [1.54, 1.807) is 0 Å². The van der Waals surface area contributed by atoms with Crippen LogP contribution in [0.3, 0.4) is 0 Å². The van der Waals surface area contributed by atoms with E-state index in [4.69, 9.17) is 9.47 Å². The molecule has 0 heterocycles. The number of rotatable bonds is 11. The molecule has 0 unspecified atom stereocenters. The average molecular weight is 203 g/mol. The number of nitrogens with one attached hydrogen (secondary N) is 1. The predicted molar refractivity (Wildman–Crippen MR) is 59.7 cm³/mol. The van der Waals surface area contributed by atoms with Gasteiger partial charge < -0.3 is 14.8 Å². The van der Waals surface area contributed by atoms with Crippen LogP contribution in [0.2, 0.25) is 0 Å². The summed E-state index contributed by atoms with van der Waals surface area (Å²) in [5, 5.41) is 3.31. The van der Waals surface area contributed by atoms with Crippen LogP contribution in [-0.2, 0) is 9.47 Å². The number of hydrogen-bond acceptors (Lipinski definition) is 3. The number of ether oxygens (including phenoxy) is 2. The van der Waals surface area contributed by atoms with E-state index in [2.05, 4.69) is 12.2 Å².